The molecule has 0 radical (unpaired) electrons. The highest BCUT2D eigenvalue weighted by Gasteiger charge is 2.23. The van der Waals surface area contributed by atoms with Crippen LogP contribution in [0.2, 0.25) is 0 Å². The molecular formula is C30H20BrN3O6. The highest BCUT2D eigenvalue weighted by molar-refractivity contribution is 9.10. The number of aliphatic imine (C=N–C) groups is 1. The van der Waals surface area contributed by atoms with Crippen LogP contribution in [0, 0.1) is 21.4 Å². The standard InChI is InChI=1S/C30H20BrN3O6/c1-37-21-8-3-18(4-9-21)28-25(16-32)30(40-29(28)19-5-10-22(38-2)11-6-19)33-17-23-12-14-27(39-23)24-13-7-20(34(35)36)15-26(24)31/h3-15,17H,1-2H3. The van der Waals surface area contributed by atoms with E-state index in [0.717, 1.165) is 11.1 Å². The lowest BCUT2D eigenvalue weighted by molar-refractivity contribution is -0.384. The largest absolute Gasteiger partial charge is 0.497 e. The fourth-order valence-corrected chi connectivity index (χ4v) is 4.66. The molecule has 0 amide bonds. The topological polar surface area (TPSA) is 124 Å². The predicted molar refractivity (Wildman–Crippen MR) is 153 cm³/mol. The van der Waals surface area contributed by atoms with E-state index in [9.17, 15) is 15.4 Å². The van der Waals surface area contributed by atoms with Crippen molar-refractivity contribution in [2.24, 2.45) is 4.99 Å². The van der Waals surface area contributed by atoms with E-state index in [1.54, 1.807) is 32.4 Å². The number of nitro benzene ring substituents is 1. The first-order valence-electron chi connectivity index (χ1n) is 11.9. The molecule has 0 aliphatic rings. The number of hydrogen-bond acceptors (Lipinski definition) is 8. The molecule has 40 heavy (non-hydrogen) atoms. The van der Waals surface area contributed by atoms with Gasteiger partial charge in [0.15, 0.2) is 0 Å². The number of nitro groups is 1. The fourth-order valence-electron chi connectivity index (χ4n) is 4.10. The second-order valence-electron chi connectivity index (χ2n) is 8.44. The molecule has 0 spiro atoms. The van der Waals surface area contributed by atoms with Crippen molar-refractivity contribution in [3.8, 4) is 51.3 Å². The van der Waals surface area contributed by atoms with Gasteiger partial charge in [0.05, 0.1) is 25.4 Å². The van der Waals surface area contributed by atoms with Gasteiger partial charge in [0.2, 0.25) is 5.88 Å². The van der Waals surface area contributed by atoms with Crippen molar-refractivity contribution in [1.29, 1.82) is 5.26 Å². The van der Waals surface area contributed by atoms with E-state index in [4.69, 9.17) is 18.3 Å². The van der Waals surface area contributed by atoms with Crippen molar-refractivity contribution in [3.05, 3.63) is 105 Å². The highest BCUT2D eigenvalue weighted by Crippen LogP contribution is 2.43. The molecule has 0 fully saturated rings. The van der Waals surface area contributed by atoms with Crippen LogP contribution in [-0.4, -0.2) is 25.4 Å². The lowest BCUT2D eigenvalue weighted by Gasteiger charge is -2.06. The maximum atomic E-state index is 11.0. The molecule has 0 atom stereocenters. The molecule has 5 rings (SSSR count). The van der Waals surface area contributed by atoms with Crippen LogP contribution < -0.4 is 9.47 Å². The Bertz CT molecular complexity index is 1760. The molecule has 0 aliphatic carbocycles. The lowest BCUT2D eigenvalue weighted by atomic mass is 9.98. The van der Waals surface area contributed by atoms with E-state index in [1.807, 2.05) is 48.5 Å². The normalized spacial score (nSPS) is 10.9. The number of methoxy groups -OCH3 is 2. The number of non-ortho nitro benzene ring substituents is 1. The number of furan rings is 2. The van der Waals surface area contributed by atoms with Crippen LogP contribution in [0.15, 0.2) is 97.2 Å². The van der Waals surface area contributed by atoms with Gasteiger partial charge in [0.25, 0.3) is 5.69 Å². The van der Waals surface area contributed by atoms with Crippen molar-refractivity contribution < 1.29 is 23.2 Å². The van der Waals surface area contributed by atoms with Crippen LogP contribution in [0.5, 0.6) is 11.5 Å². The first kappa shape index (κ1) is 26.5. The quantitative estimate of drug-likeness (QED) is 0.100. The SMILES string of the molecule is COc1ccc(-c2oc(N=Cc3ccc(-c4ccc([N+](=O)[O-])cc4Br)o3)c(C#N)c2-c2ccc(OC)cc2)cc1. The summed E-state index contributed by atoms with van der Waals surface area (Å²) in [5.41, 5.74) is 2.97. The van der Waals surface area contributed by atoms with Gasteiger partial charge in [0.1, 0.15) is 40.4 Å². The summed E-state index contributed by atoms with van der Waals surface area (Å²) in [6.07, 6.45) is 1.46. The van der Waals surface area contributed by atoms with Crippen LogP contribution in [-0.2, 0) is 0 Å². The number of rotatable bonds is 8. The predicted octanol–water partition coefficient (Wildman–Crippen LogP) is 8.18. The number of nitriles is 1. The Morgan fingerprint density at radius 3 is 2.15 bits per heavy atom. The zero-order valence-corrected chi connectivity index (χ0v) is 22.8. The van der Waals surface area contributed by atoms with Crippen molar-refractivity contribution in [3.63, 3.8) is 0 Å². The van der Waals surface area contributed by atoms with Crippen molar-refractivity contribution >= 4 is 33.7 Å². The molecular weight excluding hydrogens is 578 g/mol. The molecule has 0 bridgehead atoms. The van der Waals surface area contributed by atoms with Gasteiger partial charge in [-0.1, -0.05) is 12.1 Å². The summed E-state index contributed by atoms with van der Waals surface area (Å²) in [7, 11) is 3.18. The van der Waals surface area contributed by atoms with Gasteiger partial charge in [-0.2, -0.15) is 5.26 Å². The molecule has 10 heteroatoms. The van der Waals surface area contributed by atoms with Crippen molar-refractivity contribution in [2.75, 3.05) is 14.2 Å². The average Bonchev–Trinajstić information content (AvgIpc) is 3.60. The maximum absolute atomic E-state index is 11.0. The first-order chi connectivity index (χ1) is 19.4. The van der Waals surface area contributed by atoms with Crippen molar-refractivity contribution in [2.45, 2.75) is 0 Å². The third-order valence-corrected chi connectivity index (χ3v) is 6.75. The smallest absolute Gasteiger partial charge is 0.270 e. The molecule has 9 nitrogen and oxygen atoms in total. The molecule has 3 aromatic carbocycles. The Kier molecular flexibility index (Phi) is 7.48. The van der Waals surface area contributed by atoms with Gasteiger partial charge in [-0.3, -0.25) is 10.1 Å². The van der Waals surface area contributed by atoms with Gasteiger partial charge in [-0.05, 0) is 76.1 Å². The Hall–Kier alpha value is -5.14. The Labute approximate surface area is 237 Å². The van der Waals surface area contributed by atoms with Gasteiger partial charge in [-0.25, -0.2) is 4.99 Å². The number of ether oxygens (including phenoxy) is 2. The summed E-state index contributed by atoms with van der Waals surface area (Å²) in [5, 5.41) is 21.2. The molecule has 198 valence electrons. The van der Waals surface area contributed by atoms with E-state index in [2.05, 4.69) is 27.0 Å². The number of benzene rings is 3. The molecule has 0 saturated carbocycles. The van der Waals surface area contributed by atoms with Gasteiger partial charge < -0.3 is 18.3 Å². The molecule has 0 saturated heterocycles. The third-order valence-electron chi connectivity index (χ3n) is 6.10. The Morgan fingerprint density at radius 2 is 1.57 bits per heavy atom. The van der Waals surface area contributed by atoms with Crippen LogP contribution in [0.4, 0.5) is 11.6 Å². The van der Waals surface area contributed by atoms with E-state index in [0.29, 0.717) is 44.4 Å². The third kappa shape index (κ3) is 5.23. The van der Waals surface area contributed by atoms with E-state index in [1.165, 1.54) is 18.3 Å². The molecule has 0 aliphatic heterocycles. The van der Waals surface area contributed by atoms with Crippen molar-refractivity contribution in [1.82, 2.24) is 0 Å². The van der Waals surface area contributed by atoms with E-state index < -0.39 is 4.92 Å². The molecule has 2 heterocycles. The lowest BCUT2D eigenvalue weighted by Crippen LogP contribution is -1.88. The fraction of sp³-hybridized carbons (Fsp3) is 0.0667. The van der Waals surface area contributed by atoms with Crippen LogP contribution >= 0.6 is 15.9 Å². The van der Waals surface area contributed by atoms with E-state index in [-0.39, 0.29) is 17.1 Å². The van der Waals surface area contributed by atoms with Crippen LogP contribution in [0.3, 0.4) is 0 Å². The minimum atomic E-state index is -0.467. The maximum Gasteiger partial charge on any atom is 0.270 e. The summed E-state index contributed by atoms with van der Waals surface area (Å²) in [4.78, 5) is 15.0. The minimum absolute atomic E-state index is 0.0360. The Balaban J connectivity index is 1.54. The average molecular weight is 598 g/mol. The van der Waals surface area contributed by atoms with Crippen LogP contribution in [0.1, 0.15) is 11.3 Å². The summed E-state index contributed by atoms with van der Waals surface area (Å²) in [6, 6.07) is 24.7. The molecule has 2 aromatic heterocycles. The summed E-state index contributed by atoms with van der Waals surface area (Å²) in [6.45, 7) is 0. The zero-order chi connectivity index (χ0) is 28.2. The monoisotopic (exact) mass is 597 g/mol. The summed E-state index contributed by atoms with van der Waals surface area (Å²) < 4.78 is 23.2. The molecule has 0 unspecified atom stereocenters. The number of nitrogens with zero attached hydrogens (tertiary/aromatic N) is 3. The van der Waals surface area contributed by atoms with Gasteiger partial charge in [0, 0.05) is 33.3 Å². The minimum Gasteiger partial charge on any atom is -0.497 e. The van der Waals surface area contributed by atoms with Gasteiger partial charge in [-0.15, -0.1) is 0 Å². The first-order valence-corrected chi connectivity index (χ1v) is 12.6. The molecule has 5 aromatic rings. The number of hydrogen-bond donors (Lipinski definition) is 0. The second kappa shape index (κ2) is 11.3. The van der Waals surface area contributed by atoms with Gasteiger partial charge >= 0.3 is 0 Å². The zero-order valence-electron chi connectivity index (χ0n) is 21.3. The molecule has 0 N–H and O–H groups in total. The summed E-state index contributed by atoms with van der Waals surface area (Å²) in [5.74, 6) is 2.86. The second-order valence-corrected chi connectivity index (χ2v) is 9.29. The van der Waals surface area contributed by atoms with E-state index >= 15 is 0 Å². The Morgan fingerprint density at radius 1 is 0.925 bits per heavy atom. The van der Waals surface area contributed by atoms with Crippen LogP contribution in [0.25, 0.3) is 33.8 Å². The highest BCUT2D eigenvalue weighted by atomic mass is 79.9. The summed E-state index contributed by atoms with van der Waals surface area (Å²) >= 11 is 3.36. The number of halogens is 1.